The van der Waals surface area contributed by atoms with E-state index in [2.05, 4.69) is 14.9 Å². The Hall–Kier alpha value is -1.69. The number of hydrogen-bond acceptors (Lipinski definition) is 6. The first kappa shape index (κ1) is 12.8. The molecule has 0 amide bonds. The van der Waals surface area contributed by atoms with Crippen LogP contribution in [0.25, 0.3) is 0 Å². The van der Waals surface area contributed by atoms with Crippen LogP contribution < -0.4 is 10.6 Å². The number of ether oxygens (including phenoxy) is 1. The number of piperidine rings is 1. The second-order valence-corrected chi connectivity index (χ2v) is 4.30. The highest BCUT2D eigenvalue weighted by Gasteiger charge is 2.18. The molecule has 18 heavy (non-hydrogen) atoms. The van der Waals surface area contributed by atoms with Gasteiger partial charge >= 0.3 is 5.97 Å². The Bertz CT molecular complexity index is 399. The number of hydrogen-bond donors (Lipinski definition) is 1. The summed E-state index contributed by atoms with van der Waals surface area (Å²) in [4.78, 5) is 21.9. The molecule has 1 aliphatic heterocycles. The second kappa shape index (κ2) is 5.77. The highest BCUT2D eigenvalue weighted by atomic mass is 16.5. The number of anilines is 1. The summed E-state index contributed by atoms with van der Waals surface area (Å²) < 4.78 is 4.86. The Balaban J connectivity index is 2.01. The van der Waals surface area contributed by atoms with E-state index < -0.39 is 5.97 Å². The highest BCUT2D eigenvalue weighted by molar-refractivity contribution is 5.86. The van der Waals surface area contributed by atoms with Crippen LogP contribution in [0.5, 0.6) is 0 Å². The highest BCUT2D eigenvalue weighted by Crippen LogP contribution is 2.16. The zero-order valence-electron chi connectivity index (χ0n) is 10.5. The molecule has 6 heteroatoms. The van der Waals surface area contributed by atoms with Gasteiger partial charge in [-0.05, 0) is 19.8 Å². The van der Waals surface area contributed by atoms with Crippen LogP contribution in [-0.4, -0.2) is 41.7 Å². The van der Waals surface area contributed by atoms with Gasteiger partial charge in [0.2, 0.25) is 0 Å². The molecule has 98 valence electrons. The van der Waals surface area contributed by atoms with Gasteiger partial charge in [-0.1, -0.05) is 0 Å². The van der Waals surface area contributed by atoms with Crippen LogP contribution >= 0.6 is 0 Å². The number of aromatic nitrogens is 2. The monoisotopic (exact) mass is 250 g/mol. The number of rotatable bonds is 3. The van der Waals surface area contributed by atoms with Gasteiger partial charge in [0.15, 0.2) is 5.69 Å². The van der Waals surface area contributed by atoms with E-state index >= 15 is 0 Å². The summed E-state index contributed by atoms with van der Waals surface area (Å²) in [6, 6.07) is 0.285. The molecule has 6 nitrogen and oxygen atoms in total. The minimum atomic E-state index is -0.433. The topological polar surface area (TPSA) is 81.3 Å². The number of nitrogens with two attached hydrogens (primary N) is 1. The average molecular weight is 250 g/mol. The van der Waals surface area contributed by atoms with Crippen LogP contribution in [0.4, 0.5) is 5.82 Å². The maximum Gasteiger partial charge on any atom is 0.358 e. The predicted molar refractivity (Wildman–Crippen MR) is 67.4 cm³/mol. The Morgan fingerprint density at radius 3 is 2.72 bits per heavy atom. The summed E-state index contributed by atoms with van der Waals surface area (Å²) >= 11 is 0. The van der Waals surface area contributed by atoms with Gasteiger partial charge in [-0.2, -0.15) is 0 Å². The van der Waals surface area contributed by atoms with Crippen LogP contribution in [0.15, 0.2) is 12.4 Å². The van der Waals surface area contributed by atoms with Crippen molar-refractivity contribution < 1.29 is 9.53 Å². The molecular formula is C12H18N4O2. The molecule has 2 rings (SSSR count). The summed E-state index contributed by atoms with van der Waals surface area (Å²) in [6.45, 7) is 3.87. The molecule has 0 radical (unpaired) electrons. The molecule has 2 heterocycles. The van der Waals surface area contributed by atoms with E-state index in [1.165, 1.54) is 6.20 Å². The van der Waals surface area contributed by atoms with E-state index in [4.69, 9.17) is 10.5 Å². The van der Waals surface area contributed by atoms with Crippen LogP contribution in [0.3, 0.4) is 0 Å². The van der Waals surface area contributed by atoms with E-state index in [0.717, 1.165) is 31.7 Å². The summed E-state index contributed by atoms with van der Waals surface area (Å²) in [7, 11) is 0. The molecule has 1 aromatic heterocycles. The summed E-state index contributed by atoms with van der Waals surface area (Å²) in [5, 5.41) is 0. The molecule has 0 aliphatic carbocycles. The Labute approximate surface area is 106 Å². The van der Waals surface area contributed by atoms with E-state index in [1.54, 1.807) is 13.1 Å². The molecule has 0 saturated carbocycles. The van der Waals surface area contributed by atoms with E-state index in [-0.39, 0.29) is 11.7 Å². The largest absolute Gasteiger partial charge is 0.461 e. The molecule has 0 bridgehead atoms. The van der Waals surface area contributed by atoms with E-state index in [1.807, 2.05) is 0 Å². The predicted octanol–water partition coefficient (Wildman–Crippen LogP) is 0.581. The van der Waals surface area contributed by atoms with Gasteiger partial charge in [0.25, 0.3) is 0 Å². The number of carbonyl (C=O) groups is 1. The molecule has 0 unspecified atom stereocenters. The zero-order chi connectivity index (χ0) is 13.0. The third-order valence-electron chi connectivity index (χ3n) is 2.99. The minimum absolute atomic E-state index is 0.245. The van der Waals surface area contributed by atoms with Crippen molar-refractivity contribution in [2.75, 3.05) is 24.6 Å². The summed E-state index contributed by atoms with van der Waals surface area (Å²) in [6.07, 6.45) is 4.99. The van der Waals surface area contributed by atoms with Crippen molar-refractivity contribution in [3.63, 3.8) is 0 Å². The number of esters is 1. The number of carbonyl (C=O) groups excluding carboxylic acids is 1. The maximum atomic E-state index is 11.4. The van der Waals surface area contributed by atoms with Crippen molar-refractivity contribution in [2.24, 2.45) is 5.73 Å². The van der Waals surface area contributed by atoms with E-state index in [9.17, 15) is 4.79 Å². The van der Waals surface area contributed by atoms with Crippen LogP contribution in [0.1, 0.15) is 30.3 Å². The average Bonchev–Trinajstić information content (AvgIpc) is 2.40. The van der Waals surface area contributed by atoms with Crippen molar-refractivity contribution >= 4 is 11.8 Å². The molecule has 1 aliphatic rings. The Kier molecular flexibility index (Phi) is 4.09. The van der Waals surface area contributed by atoms with Gasteiger partial charge in [-0.15, -0.1) is 0 Å². The Morgan fingerprint density at radius 1 is 1.44 bits per heavy atom. The fourth-order valence-corrected chi connectivity index (χ4v) is 1.92. The van der Waals surface area contributed by atoms with Crippen molar-refractivity contribution in [1.82, 2.24) is 9.97 Å². The minimum Gasteiger partial charge on any atom is -0.461 e. The van der Waals surface area contributed by atoms with Gasteiger partial charge in [-0.3, -0.25) is 0 Å². The molecule has 1 saturated heterocycles. The van der Waals surface area contributed by atoms with Crippen LogP contribution in [0, 0.1) is 0 Å². The lowest BCUT2D eigenvalue weighted by molar-refractivity contribution is 0.0519. The lowest BCUT2D eigenvalue weighted by Gasteiger charge is -2.30. The van der Waals surface area contributed by atoms with Gasteiger partial charge in [0, 0.05) is 19.1 Å². The lowest BCUT2D eigenvalue weighted by Crippen LogP contribution is -2.40. The molecule has 0 aromatic carbocycles. The SMILES string of the molecule is CCOC(=O)c1cnc(N2CCC(N)CC2)cn1. The standard InChI is InChI=1S/C12H18N4O2/c1-2-18-12(17)10-7-15-11(8-14-10)16-5-3-9(13)4-6-16/h7-9H,2-6,13H2,1H3. The zero-order valence-corrected chi connectivity index (χ0v) is 10.5. The second-order valence-electron chi connectivity index (χ2n) is 4.30. The van der Waals surface area contributed by atoms with Crippen LogP contribution in [0.2, 0.25) is 0 Å². The maximum absolute atomic E-state index is 11.4. The quantitative estimate of drug-likeness (QED) is 0.790. The van der Waals surface area contributed by atoms with Gasteiger partial charge < -0.3 is 15.4 Å². The third-order valence-corrected chi connectivity index (χ3v) is 2.99. The first-order chi connectivity index (χ1) is 8.70. The first-order valence-electron chi connectivity index (χ1n) is 6.20. The van der Waals surface area contributed by atoms with Gasteiger partial charge in [0.05, 0.1) is 19.0 Å². The van der Waals surface area contributed by atoms with Crippen LogP contribution in [-0.2, 0) is 4.74 Å². The van der Waals surface area contributed by atoms with Crippen molar-refractivity contribution in [2.45, 2.75) is 25.8 Å². The molecule has 2 N–H and O–H groups in total. The van der Waals surface area contributed by atoms with Crippen molar-refractivity contribution in [3.05, 3.63) is 18.1 Å². The molecule has 0 spiro atoms. The Morgan fingerprint density at radius 2 is 2.17 bits per heavy atom. The number of nitrogens with zero attached hydrogens (tertiary/aromatic N) is 3. The smallest absolute Gasteiger partial charge is 0.358 e. The fraction of sp³-hybridized carbons (Fsp3) is 0.583. The van der Waals surface area contributed by atoms with E-state index in [0.29, 0.717) is 6.61 Å². The fourth-order valence-electron chi connectivity index (χ4n) is 1.92. The van der Waals surface area contributed by atoms with Gasteiger partial charge in [-0.25, -0.2) is 14.8 Å². The lowest BCUT2D eigenvalue weighted by atomic mass is 10.1. The molecule has 1 fully saturated rings. The van der Waals surface area contributed by atoms with Crippen molar-refractivity contribution in [1.29, 1.82) is 0 Å². The van der Waals surface area contributed by atoms with Gasteiger partial charge in [0.1, 0.15) is 5.82 Å². The first-order valence-corrected chi connectivity index (χ1v) is 6.20. The molecule has 1 aromatic rings. The third kappa shape index (κ3) is 2.95. The molecular weight excluding hydrogens is 232 g/mol. The van der Waals surface area contributed by atoms with Crippen molar-refractivity contribution in [3.8, 4) is 0 Å². The molecule has 0 atom stereocenters. The summed E-state index contributed by atoms with van der Waals surface area (Å²) in [5.74, 6) is 0.354. The summed E-state index contributed by atoms with van der Waals surface area (Å²) in [5.41, 5.74) is 6.09. The normalized spacial score (nSPS) is 16.7.